The highest BCUT2D eigenvalue weighted by molar-refractivity contribution is 5.78. The molecular weight excluding hydrogens is 450 g/mol. The molecule has 13 heteroatoms. The fraction of sp³-hybridized carbons (Fsp3) is 0.381. The fourth-order valence-electron chi connectivity index (χ4n) is 3.25. The van der Waals surface area contributed by atoms with Crippen LogP contribution in [0.2, 0.25) is 0 Å². The number of alkyl halides is 2. The summed E-state index contributed by atoms with van der Waals surface area (Å²) in [7, 11) is 1.29. The van der Waals surface area contributed by atoms with Crippen LogP contribution in [0, 0.1) is 0 Å². The van der Waals surface area contributed by atoms with Gasteiger partial charge in [0.1, 0.15) is 5.82 Å². The normalized spacial score (nSPS) is 14.0. The zero-order chi connectivity index (χ0) is 24.2. The van der Waals surface area contributed by atoms with Crippen molar-refractivity contribution in [2.75, 3.05) is 24.7 Å². The third kappa shape index (κ3) is 5.47. The van der Waals surface area contributed by atoms with Crippen LogP contribution in [0.15, 0.2) is 24.5 Å². The summed E-state index contributed by atoms with van der Waals surface area (Å²) >= 11 is 0. The summed E-state index contributed by atoms with van der Waals surface area (Å²) in [6.45, 7) is -0.875. The molecule has 34 heavy (non-hydrogen) atoms. The molecular formula is C21H24F2N8O3. The number of carbonyl (C=O) groups is 1. The first-order valence-corrected chi connectivity index (χ1v) is 10.6. The van der Waals surface area contributed by atoms with Gasteiger partial charge in [-0.1, -0.05) is 0 Å². The van der Waals surface area contributed by atoms with Crippen molar-refractivity contribution in [3.63, 3.8) is 0 Å². The number of pyridine rings is 1. The highest BCUT2D eigenvalue weighted by Gasteiger charge is 2.29. The molecule has 0 spiro atoms. The van der Waals surface area contributed by atoms with E-state index in [-0.39, 0.29) is 17.6 Å². The van der Waals surface area contributed by atoms with Crippen molar-refractivity contribution in [2.24, 2.45) is 0 Å². The van der Waals surface area contributed by atoms with E-state index in [1.165, 1.54) is 19.4 Å². The zero-order valence-electron chi connectivity index (χ0n) is 18.5. The predicted octanol–water partition coefficient (Wildman–Crippen LogP) is 3.15. The van der Waals surface area contributed by atoms with Gasteiger partial charge in [-0.2, -0.15) is 8.78 Å². The number of imidazole rings is 1. The third-order valence-electron chi connectivity index (χ3n) is 5.09. The smallest absolute Gasteiger partial charge is 0.407 e. The minimum absolute atomic E-state index is 0.147. The van der Waals surface area contributed by atoms with Gasteiger partial charge in [0.2, 0.25) is 5.95 Å². The number of halogens is 2. The van der Waals surface area contributed by atoms with Crippen molar-refractivity contribution in [1.82, 2.24) is 30.2 Å². The number of anilines is 2. The maximum Gasteiger partial charge on any atom is 0.407 e. The van der Waals surface area contributed by atoms with Crippen LogP contribution < -0.4 is 21.1 Å². The highest BCUT2D eigenvalue weighted by atomic mass is 19.3. The van der Waals surface area contributed by atoms with Crippen molar-refractivity contribution >= 4 is 17.9 Å². The zero-order valence-corrected chi connectivity index (χ0v) is 18.5. The van der Waals surface area contributed by atoms with Gasteiger partial charge < -0.3 is 30.8 Å². The Morgan fingerprint density at radius 3 is 2.82 bits per heavy atom. The summed E-state index contributed by atoms with van der Waals surface area (Å²) in [5, 5.41) is 5.71. The van der Waals surface area contributed by atoms with Gasteiger partial charge in [0.25, 0.3) is 0 Å². The molecule has 0 radical (unpaired) electrons. The highest BCUT2D eigenvalue weighted by Crippen LogP contribution is 2.42. The summed E-state index contributed by atoms with van der Waals surface area (Å²) < 4.78 is 34.6. The maximum absolute atomic E-state index is 12.8. The van der Waals surface area contributed by atoms with Crippen molar-refractivity contribution in [1.29, 1.82) is 0 Å². The number of alkyl carbamates (subject to hydrolysis) is 1. The second-order valence-corrected chi connectivity index (χ2v) is 7.79. The van der Waals surface area contributed by atoms with E-state index in [2.05, 4.69) is 40.0 Å². The van der Waals surface area contributed by atoms with Gasteiger partial charge in [0.15, 0.2) is 11.6 Å². The number of methoxy groups -OCH3 is 1. The van der Waals surface area contributed by atoms with Gasteiger partial charge in [-0.25, -0.2) is 24.7 Å². The van der Waals surface area contributed by atoms with Crippen molar-refractivity contribution in [2.45, 2.75) is 38.3 Å². The molecule has 3 aromatic rings. The molecule has 1 saturated carbocycles. The molecule has 5 N–H and O–H groups in total. The van der Waals surface area contributed by atoms with Crippen LogP contribution in [-0.4, -0.2) is 57.3 Å². The lowest BCUT2D eigenvalue weighted by molar-refractivity contribution is -0.0494. The Morgan fingerprint density at radius 2 is 2.12 bits per heavy atom. The Labute approximate surface area is 193 Å². The van der Waals surface area contributed by atoms with E-state index in [9.17, 15) is 13.6 Å². The summed E-state index contributed by atoms with van der Waals surface area (Å²) in [5.74, 6) is 1.04. The Morgan fingerprint density at radius 1 is 1.32 bits per heavy atom. The number of amides is 1. The number of aromatic amines is 1. The van der Waals surface area contributed by atoms with Crippen molar-refractivity contribution in [3.05, 3.63) is 30.4 Å². The quantitative estimate of drug-likeness (QED) is 0.366. The second-order valence-electron chi connectivity index (χ2n) is 7.79. The molecule has 3 aromatic heterocycles. The number of aromatic nitrogens is 5. The first kappa shape index (κ1) is 23.1. The van der Waals surface area contributed by atoms with Gasteiger partial charge in [0, 0.05) is 36.5 Å². The molecule has 0 saturated heterocycles. The topological polar surface area (TPSA) is 153 Å². The van der Waals surface area contributed by atoms with Crippen LogP contribution in [0.1, 0.15) is 31.5 Å². The summed E-state index contributed by atoms with van der Waals surface area (Å²) in [5.41, 5.74) is 7.74. The Kier molecular flexibility index (Phi) is 6.70. The lowest BCUT2D eigenvalue weighted by Crippen LogP contribution is -2.37. The van der Waals surface area contributed by atoms with Gasteiger partial charge in [0.05, 0.1) is 24.2 Å². The number of nitrogen functional groups attached to an aromatic ring is 1. The Balaban J connectivity index is 1.63. The summed E-state index contributed by atoms with van der Waals surface area (Å²) in [6, 6.07) is 2.85. The number of ether oxygens (including phenoxy) is 2. The standard InChI is InChI=1S/C21H24F2N8O3/c1-10(28-21(32)33-2)8-27-20-25-6-5-13(29-20)16-15(30-18(31-16)11-3-4-11)12-7-14(34-19(22)23)17(24)26-9-12/h5-7,9-11,19H,3-4,8H2,1-2H3,(H2,24,26)(H,28,32)(H,30,31)(H,25,27,29)/t10-/m0/s1. The predicted molar refractivity (Wildman–Crippen MR) is 119 cm³/mol. The molecule has 180 valence electrons. The molecule has 0 bridgehead atoms. The number of nitrogens with one attached hydrogen (secondary N) is 3. The molecule has 1 atom stereocenters. The third-order valence-corrected chi connectivity index (χ3v) is 5.09. The average molecular weight is 474 g/mol. The van der Waals surface area contributed by atoms with E-state index in [1.807, 2.05) is 0 Å². The molecule has 11 nitrogen and oxygen atoms in total. The number of nitrogens with two attached hydrogens (primary N) is 1. The molecule has 0 aromatic carbocycles. The number of hydrogen-bond acceptors (Lipinski definition) is 9. The molecule has 1 amide bonds. The molecule has 4 rings (SSSR count). The number of nitrogens with zero attached hydrogens (tertiary/aromatic N) is 4. The minimum Gasteiger partial charge on any atom is -0.453 e. The summed E-state index contributed by atoms with van der Waals surface area (Å²) in [6.07, 6.45) is 4.51. The van der Waals surface area contributed by atoms with E-state index in [1.54, 1.807) is 19.2 Å². The van der Waals surface area contributed by atoms with Gasteiger partial charge in [-0.3, -0.25) is 0 Å². The molecule has 1 aliphatic carbocycles. The first-order chi connectivity index (χ1) is 16.3. The number of rotatable bonds is 9. The van der Waals surface area contributed by atoms with Crippen LogP contribution >= 0.6 is 0 Å². The van der Waals surface area contributed by atoms with Gasteiger partial charge in [-0.05, 0) is 31.9 Å². The number of carbonyl (C=O) groups excluding carboxylic acids is 1. The van der Waals surface area contributed by atoms with Crippen LogP contribution in [-0.2, 0) is 4.74 Å². The lowest BCUT2D eigenvalue weighted by atomic mass is 10.1. The van der Waals surface area contributed by atoms with E-state index in [0.717, 1.165) is 18.7 Å². The second kappa shape index (κ2) is 9.85. The Bertz CT molecular complexity index is 1170. The van der Waals surface area contributed by atoms with Crippen LogP contribution in [0.5, 0.6) is 5.75 Å². The van der Waals surface area contributed by atoms with E-state index in [0.29, 0.717) is 41.1 Å². The van der Waals surface area contributed by atoms with E-state index in [4.69, 9.17) is 10.7 Å². The molecule has 1 fully saturated rings. The summed E-state index contributed by atoms with van der Waals surface area (Å²) in [4.78, 5) is 32.1. The van der Waals surface area contributed by atoms with Crippen LogP contribution in [0.3, 0.4) is 0 Å². The molecule has 1 aliphatic rings. The van der Waals surface area contributed by atoms with Crippen LogP contribution in [0.4, 0.5) is 25.3 Å². The van der Waals surface area contributed by atoms with Crippen molar-refractivity contribution < 1.29 is 23.0 Å². The maximum atomic E-state index is 12.8. The monoisotopic (exact) mass is 474 g/mol. The van der Waals surface area contributed by atoms with Crippen LogP contribution in [0.25, 0.3) is 22.6 Å². The lowest BCUT2D eigenvalue weighted by Gasteiger charge is -2.14. The number of H-pyrrole nitrogens is 1. The average Bonchev–Trinajstić information content (AvgIpc) is 3.57. The SMILES string of the molecule is COC(=O)N[C@@H](C)CNc1nccc(-c2[nH]c(C3CC3)nc2-c2cnc(N)c(OC(F)F)c2)n1. The van der Waals surface area contributed by atoms with E-state index >= 15 is 0 Å². The van der Waals surface area contributed by atoms with Crippen molar-refractivity contribution in [3.8, 4) is 28.4 Å². The van der Waals surface area contributed by atoms with E-state index < -0.39 is 12.7 Å². The van der Waals surface area contributed by atoms with Gasteiger partial charge >= 0.3 is 12.7 Å². The largest absolute Gasteiger partial charge is 0.453 e. The molecule has 0 unspecified atom stereocenters. The number of hydrogen-bond donors (Lipinski definition) is 4. The van der Waals surface area contributed by atoms with Gasteiger partial charge in [-0.15, -0.1) is 0 Å². The molecule has 0 aliphatic heterocycles. The fourth-order valence-corrected chi connectivity index (χ4v) is 3.25. The minimum atomic E-state index is -3.04. The Hall–Kier alpha value is -4.03. The first-order valence-electron chi connectivity index (χ1n) is 10.6. The molecule has 3 heterocycles.